The number of benzene rings is 3. The van der Waals surface area contributed by atoms with Crippen molar-refractivity contribution in [3.63, 3.8) is 0 Å². The summed E-state index contributed by atoms with van der Waals surface area (Å²) in [6, 6.07) is 21.2. The summed E-state index contributed by atoms with van der Waals surface area (Å²) >= 11 is 0. The van der Waals surface area contributed by atoms with E-state index in [1.165, 1.54) is 6.92 Å². The molecule has 0 N–H and O–H groups in total. The van der Waals surface area contributed by atoms with E-state index in [0.717, 1.165) is 38.7 Å². The van der Waals surface area contributed by atoms with Crippen LogP contribution >= 0.6 is 0 Å². The molecule has 0 radical (unpaired) electrons. The zero-order chi connectivity index (χ0) is 25.8. The molecule has 32 heavy (non-hydrogen) atoms. The van der Waals surface area contributed by atoms with Gasteiger partial charge in [-0.3, -0.25) is 0 Å². The Kier molecular flexibility index (Phi) is 3.79. The SMILES string of the molecule is [2H]C([2H])([2H])C([2H])(C)c1ccc(-c2c(C)ccc3c2oc2c(-c4ccccc4)c([N+]#[C-])ccc23)[n+](C)c1. The average molecular weight is 422 g/mol. The second kappa shape index (κ2) is 7.66. The molecule has 0 amide bonds. The highest BCUT2D eigenvalue weighted by Gasteiger charge is 2.23. The lowest BCUT2D eigenvalue weighted by Crippen LogP contribution is -2.31. The van der Waals surface area contributed by atoms with Gasteiger partial charge in [0.2, 0.25) is 5.69 Å². The van der Waals surface area contributed by atoms with E-state index in [1.807, 2.05) is 79.2 Å². The Labute approximate surface area is 194 Å². The third-order valence-corrected chi connectivity index (χ3v) is 6.00. The van der Waals surface area contributed by atoms with Gasteiger partial charge >= 0.3 is 0 Å². The van der Waals surface area contributed by atoms with Gasteiger partial charge in [-0.25, -0.2) is 9.41 Å². The molecule has 0 aliphatic rings. The first kappa shape index (κ1) is 15.8. The normalized spacial score (nSPS) is 15.4. The zero-order valence-corrected chi connectivity index (χ0v) is 18.2. The second-order valence-corrected chi connectivity index (χ2v) is 8.09. The molecule has 1 atom stereocenters. The van der Waals surface area contributed by atoms with Gasteiger partial charge in [0.15, 0.2) is 11.9 Å². The van der Waals surface area contributed by atoms with Crippen LogP contribution in [0, 0.1) is 13.5 Å². The quantitative estimate of drug-likeness (QED) is 0.216. The van der Waals surface area contributed by atoms with Gasteiger partial charge in [-0.05, 0) is 30.0 Å². The minimum Gasteiger partial charge on any atom is -0.456 e. The zero-order valence-electron chi connectivity index (χ0n) is 22.2. The van der Waals surface area contributed by atoms with E-state index in [9.17, 15) is 0 Å². The van der Waals surface area contributed by atoms with Gasteiger partial charge in [-0.1, -0.05) is 68.4 Å². The van der Waals surface area contributed by atoms with Crippen molar-refractivity contribution >= 4 is 27.6 Å². The third-order valence-electron chi connectivity index (χ3n) is 6.00. The molecule has 156 valence electrons. The Morgan fingerprint density at radius 1 is 0.969 bits per heavy atom. The summed E-state index contributed by atoms with van der Waals surface area (Å²) in [5.74, 6) is -1.73. The number of aryl methyl sites for hydroxylation is 2. The van der Waals surface area contributed by atoms with Gasteiger partial charge in [0.1, 0.15) is 18.2 Å². The van der Waals surface area contributed by atoms with Crippen LogP contribution in [0.25, 0.3) is 49.2 Å². The lowest BCUT2D eigenvalue weighted by Gasteiger charge is -2.08. The largest absolute Gasteiger partial charge is 0.456 e. The molecule has 0 fully saturated rings. The first-order chi connectivity index (χ1) is 17.0. The first-order valence-corrected chi connectivity index (χ1v) is 10.5. The predicted molar refractivity (Wildman–Crippen MR) is 131 cm³/mol. The lowest BCUT2D eigenvalue weighted by atomic mass is 9.97. The summed E-state index contributed by atoms with van der Waals surface area (Å²) in [6.07, 6.45) is 1.71. The number of aromatic nitrogens is 1. The molecular formula is C29H25N2O+. The van der Waals surface area contributed by atoms with Crippen LogP contribution in [-0.2, 0) is 7.05 Å². The molecule has 2 heterocycles. The highest BCUT2D eigenvalue weighted by atomic mass is 16.3. The van der Waals surface area contributed by atoms with E-state index in [1.54, 1.807) is 12.3 Å². The standard InChI is InChI=1S/C29H25N2O/c1-18(2)21-12-16-25(31(5)17-21)26-19(3)11-13-22-23-14-15-24(30-4)27(29(23)32-28(22)26)20-9-7-6-8-10-20/h6-18H,1-3,5H3/q+1/i1D3,18D. The van der Waals surface area contributed by atoms with Crippen LogP contribution < -0.4 is 4.57 Å². The Balaban J connectivity index is 1.79. The highest BCUT2D eigenvalue weighted by molar-refractivity contribution is 6.15. The molecule has 5 aromatic rings. The number of nitrogens with zero attached hydrogens (tertiary/aromatic N) is 2. The summed E-state index contributed by atoms with van der Waals surface area (Å²) in [5, 5.41) is 1.87. The fraction of sp³-hybridized carbons (Fsp3) is 0.172. The van der Waals surface area contributed by atoms with E-state index >= 15 is 0 Å². The fourth-order valence-corrected chi connectivity index (χ4v) is 4.38. The van der Waals surface area contributed by atoms with Crippen LogP contribution in [0.3, 0.4) is 0 Å². The Bertz CT molecular complexity index is 1680. The number of pyridine rings is 1. The van der Waals surface area contributed by atoms with Crippen LogP contribution in [-0.4, -0.2) is 0 Å². The first-order valence-electron chi connectivity index (χ1n) is 12.5. The summed E-state index contributed by atoms with van der Waals surface area (Å²) < 4.78 is 40.3. The van der Waals surface area contributed by atoms with Crippen molar-refractivity contribution in [3.05, 3.63) is 95.5 Å². The molecule has 0 saturated carbocycles. The van der Waals surface area contributed by atoms with Crippen molar-refractivity contribution < 1.29 is 14.5 Å². The molecule has 1 unspecified atom stereocenters. The Morgan fingerprint density at radius 2 is 1.69 bits per heavy atom. The minimum absolute atomic E-state index is 0.413. The van der Waals surface area contributed by atoms with Crippen molar-refractivity contribution in [3.8, 4) is 22.4 Å². The third kappa shape index (κ3) is 3.08. The maximum absolute atomic E-state index is 8.46. The van der Waals surface area contributed by atoms with Crippen molar-refractivity contribution in [1.82, 2.24) is 0 Å². The van der Waals surface area contributed by atoms with Gasteiger partial charge in [-0.15, -0.1) is 0 Å². The number of hydrogen-bond donors (Lipinski definition) is 0. The predicted octanol–water partition coefficient (Wildman–Crippen LogP) is 7.73. The molecule has 0 spiro atoms. The number of rotatable bonds is 3. The number of hydrogen-bond acceptors (Lipinski definition) is 1. The maximum atomic E-state index is 8.46. The van der Waals surface area contributed by atoms with Crippen LogP contribution in [0.2, 0.25) is 0 Å². The molecule has 0 aliphatic carbocycles. The average Bonchev–Trinajstić information content (AvgIpc) is 3.22. The van der Waals surface area contributed by atoms with Crippen molar-refractivity contribution in [1.29, 1.82) is 0 Å². The molecule has 2 aromatic heterocycles. The van der Waals surface area contributed by atoms with Crippen LogP contribution in [0.15, 0.2) is 77.3 Å². The van der Waals surface area contributed by atoms with Crippen molar-refractivity contribution in [2.75, 3.05) is 0 Å². The molecule has 5 rings (SSSR count). The molecule has 0 saturated heterocycles. The molecule has 3 nitrogen and oxygen atoms in total. The van der Waals surface area contributed by atoms with Crippen LogP contribution in [0.4, 0.5) is 5.69 Å². The smallest absolute Gasteiger partial charge is 0.216 e. The van der Waals surface area contributed by atoms with E-state index in [4.69, 9.17) is 16.5 Å². The lowest BCUT2D eigenvalue weighted by molar-refractivity contribution is -0.660. The van der Waals surface area contributed by atoms with E-state index in [0.29, 0.717) is 22.4 Å². The fourth-order valence-electron chi connectivity index (χ4n) is 4.38. The topological polar surface area (TPSA) is 21.4 Å². The summed E-state index contributed by atoms with van der Waals surface area (Å²) in [6.45, 7) is 8.69. The van der Waals surface area contributed by atoms with Crippen LogP contribution in [0.5, 0.6) is 0 Å². The molecule has 0 bridgehead atoms. The second-order valence-electron chi connectivity index (χ2n) is 8.09. The molecule has 3 heteroatoms. The van der Waals surface area contributed by atoms with Crippen molar-refractivity contribution in [2.45, 2.75) is 26.6 Å². The number of furan rings is 1. The van der Waals surface area contributed by atoms with Gasteiger partial charge in [0.25, 0.3) is 0 Å². The van der Waals surface area contributed by atoms with Gasteiger partial charge in [0, 0.05) is 33.4 Å². The van der Waals surface area contributed by atoms with Crippen molar-refractivity contribution in [2.24, 2.45) is 7.05 Å². The van der Waals surface area contributed by atoms with Gasteiger partial charge in [0.05, 0.1) is 12.1 Å². The van der Waals surface area contributed by atoms with Gasteiger partial charge < -0.3 is 4.42 Å². The number of fused-ring (bicyclic) bond motifs is 3. The van der Waals surface area contributed by atoms with Gasteiger partial charge in [-0.2, -0.15) is 0 Å². The summed E-state index contributed by atoms with van der Waals surface area (Å²) in [4.78, 5) is 3.75. The maximum Gasteiger partial charge on any atom is 0.216 e. The minimum atomic E-state index is -2.45. The molecule has 3 aromatic carbocycles. The highest BCUT2D eigenvalue weighted by Crippen LogP contribution is 2.44. The Hall–Kier alpha value is -3.90. The van der Waals surface area contributed by atoms with Crippen LogP contribution in [0.1, 0.15) is 36.3 Å². The van der Waals surface area contributed by atoms with E-state index < -0.39 is 12.7 Å². The molecular weight excluding hydrogens is 392 g/mol. The Morgan fingerprint density at radius 3 is 2.38 bits per heavy atom. The monoisotopic (exact) mass is 421 g/mol. The summed E-state index contributed by atoms with van der Waals surface area (Å²) in [7, 11) is 1.85. The van der Waals surface area contributed by atoms with E-state index in [-0.39, 0.29) is 0 Å². The summed E-state index contributed by atoms with van der Waals surface area (Å²) in [5.41, 5.74) is 6.73. The molecule has 0 aliphatic heterocycles. The van der Waals surface area contributed by atoms with E-state index in [2.05, 4.69) is 4.85 Å².